The van der Waals surface area contributed by atoms with E-state index >= 15 is 0 Å². The molecule has 210 valence electrons. The van der Waals surface area contributed by atoms with E-state index in [-0.39, 0.29) is 25.7 Å². The van der Waals surface area contributed by atoms with Crippen molar-refractivity contribution in [3.05, 3.63) is 108 Å². The number of anilines is 1. The molecular formula is C31H29N3O6S. The van der Waals surface area contributed by atoms with E-state index in [2.05, 4.69) is 10.0 Å². The number of fused-ring (bicyclic) bond motifs is 1. The number of hydrogen-bond acceptors (Lipinski definition) is 6. The van der Waals surface area contributed by atoms with Crippen molar-refractivity contribution in [2.45, 2.75) is 24.0 Å². The molecule has 0 aromatic heterocycles. The monoisotopic (exact) mass is 571 g/mol. The van der Waals surface area contributed by atoms with Gasteiger partial charge in [0.2, 0.25) is 12.7 Å². The second kappa shape index (κ2) is 12.7. The van der Waals surface area contributed by atoms with Crippen molar-refractivity contribution >= 4 is 28.6 Å². The Morgan fingerprint density at radius 3 is 2.37 bits per heavy atom. The summed E-state index contributed by atoms with van der Waals surface area (Å²) in [6, 6.07) is 27.1. The van der Waals surface area contributed by atoms with Gasteiger partial charge in [-0.15, -0.1) is 0 Å². The van der Waals surface area contributed by atoms with Crippen molar-refractivity contribution in [2.75, 3.05) is 18.7 Å². The van der Waals surface area contributed by atoms with Crippen molar-refractivity contribution in [3.8, 4) is 22.6 Å². The fourth-order valence-corrected chi connectivity index (χ4v) is 5.41. The largest absolute Gasteiger partial charge is 0.454 e. The van der Waals surface area contributed by atoms with Gasteiger partial charge in [0.15, 0.2) is 22.5 Å². The summed E-state index contributed by atoms with van der Waals surface area (Å²) in [4.78, 5) is 28.6. The third-order valence-electron chi connectivity index (χ3n) is 6.68. The quantitative estimate of drug-likeness (QED) is 0.278. The number of rotatable bonds is 9. The highest BCUT2D eigenvalue weighted by Gasteiger charge is 2.27. The molecule has 2 atom stereocenters. The molecule has 5 rings (SSSR count). The molecule has 0 aliphatic carbocycles. The molecule has 0 bridgehead atoms. The van der Waals surface area contributed by atoms with E-state index in [1.165, 1.54) is 4.90 Å². The minimum Gasteiger partial charge on any atom is -0.454 e. The Kier molecular flexibility index (Phi) is 8.61. The van der Waals surface area contributed by atoms with Gasteiger partial charge in [-0.3, -0.25) is 9.52 Å². The molecule has 0 saturated carbocycles. The van der Waals surface area contributed by atoms with Gasteiger partial charge < -0.3 is 24.8 Å². The van der Waals surface area contributed by atoms with Crippen LogP contribution < -0.4 is 24.4 Å². The Bertz CT molecular complexity index is 1560. The van der Waals surface area contributed by atoms with Gasteiger partial charge in [0, 0.05) is 25.2 Å². The van der Waals surface area contributed by atoms with Crippen LogP contribution in [0.2, 0.25) is 0 Å². The average molecular weight is 572 g/mol. The summed E-state index contributed by atoms with van der Waals surface area (Å²) >= 11 is 0. The van der Waals surface area contributed by atoms with Gasteiger partial charge in [-0.25, -0.2) is 9.00 Å². The Balaban J connectivity index is 1.33. The zero-order valence-corrected chi connectivity index (χ0v) is 23.1. The molecule has 4 aromatic rings. The van der Waals surface area contributed by atoms with Crippen molar-refractivity contribution in [1.29, 1.82) is 0 Å². The van der Waals surface area contributed by atoms with E-state index in [1.807, 2.05) is 54.6 Å². The molecule has 0 radical (unpaired) electrons. The molecule has 3 amide bonds. The van der Waals surface area contributed by atoms with E-state index < -0.39 is 23.1 Å². The van der Waals surface area contributed by atoms with Gasteiger partial charge in [-0.2, -0.15) is 0 Å². The van der Waals surface area contributed by atoms with E-state index in [9.17, 15) is 18.9 Å². The van der Waals surface area contributed by atoms with E-state index in [1.54, 1.807) is 49.5 Å². The van der Waals surface area contributed by atoms with Crippen LogP contribution in [0.15, 0.2) is 102 Å². The average Bonchev–Trinajstić information content (AvgIpc) is 3.49. The maximum Gasteiger partial charge on any atom is 0.327 e. The summed E-state index contributed by atoms with van der Waals surface area (Å²) in [6.07, 6.45) is 0.225. The summed E-state index contributed by atoms with van der Waals surface area (Å²) in [5.41, 5.74) is 3.64. The van der Waals surface area contributed by atoms with Crippen molar-refractivity contribution in [1.82, 2.24) is 10.0 Å². The van der Waals surface area contributed by atoms with Crippen LogP contribution in [0.5, 0.6) is 11.5 Å². The maximum absolute atomic E-state index is 13.6. The van der Waals surface area contributed by atoms with E-state index in [4.69, 9.17) is 9.47 Å². The Morgan fingerprint density at radius 1 is 0.902 bits per heavy atom. The molecule has 1 heterocycles. The number of aliphatic hydroxyl groups excluding tert-OH is 1. The molecule has 0 fully saturated rings. The number of carbonyl (C=O) groups excluding carboxylic acids is 2. The van der Waals surface area contributed by atoms with Crippen LogP contribution in [-0.2, 0) is 28.8 Å². The lowest BCUT2D eigenvalue weighted by molar-refractivity contribution is -0.120. The van der Waals surface area contributed by atoms with Crippen molar-refractivity contribution < 1.29 is 28.4 Å². The van der Waals surface area contributed by atoms with Crippen molar-refractivity contribution in [2.24, 2.45) is 0 Å². The van der Waals surface area contributed by atoms with Gasteiger partial charge in [0.1, 0.15) is 6.04 Å². The van der Waals surface area contributed by atoms with E-state index in [0.29, 0.717) is 27.6 Å². The van der Waals surface area contributed by atoms with Crippen LogP contribution in [0.25, 0.3) is 11.1 Å². The first kappa shape index (κ1) is 27.9. The molecule has 1 aliphatic rings. The van der Waals surface area contributed by atoms with Gasteiger partial charge in [-0.05, 0) is 40.5 Å². The highest BCUT2D eigenvalue weighted by molar-refractivity contribution is 7.83. The lowest BCUT2D eigenvalue weighted by Gasteiger charge is -2.25. The number of benzene rings is 4. The predicted octanol–water partition coefficient (Wildman–Crippen LogP) is 4.17. The summed E-state index contributed by atoms with van der Waals surface area (Å²) in [5.74, 6) is 0.769. The molecule has 41 heavy (non-hydrogen) atoms. The molecule has 0 saturated heterocycles. The topological polar surface area (TPSA) is 117 Å². The van der Waals surface area contributed by atoms with Crippen LogP contribution in [-0.4, -0.2) is 41.1 Å². The lowest BCUT2D eigenvalue weighted by atomic mass is 10.0. The standard InChI is InChI=1S/C31H29N3O6S/c1-34(24-15-16-27-28(18-24)40-20-39-27)30(36)26(17-21-7-3-2-4-8-21)32-31(37)33-41(38)29-10-6-5-9-25(29)23-13-11-22(19-35)12-14-23/h2-16,18,26,35H,17,19-20H2,1H3,(H2,32,33,37). The fraction of sp³-hybridized carbons (Fsp3) is 0.161. The molecule has 4 aromatic carbocycles. The summed E-state index contributed by atoms with van der Waals surface area (Å²) in [7, 11) is -0.303. The van der Waals surface area contributed by atoms with Crippen molar-refractivity contribution in [3.63, 3.8) is 0 Å². The summed E-state index contributed by atoms with van der Waals surface area (Å²) in [5, 5.41) is 12.1. The number of urea groups is 1. The summed E-state index contributed by atoms with van der Waals surface area (Å²) in [6.45, 7) is 0.0331. The molecule has 9 nitrogen and oxygen atoms in total. The highest BCUT2D eigenvalue weighted by Crippen LogP contribution is 2.35. The first-order valence-electron chi connectivity index (χ1n) is 12.9. The fourth-order valence-electron chi connectivity index (χ4n) is 4.49. The number of nitrogens with zero attached hydrogens (tertiary/aromatic N) is 1. The van der Waals surface area contributed by atoms with Crippen LogP contribution in [0.4, 0.5) is 10.5 Å². The number of ether oxygens (including phenoxy) is 2. The third-order valence-corrected chi connectivity index (χ3v) is 7.81. The first-order chi connectivity index (χ1) is 19.9. The number of amides is 3. The number of aliphatic hydroxyl groups is 1. The van der Waals surface area contributed by atoms with E-state index in [0.717, 1.165) is 16.7 Å². The molecule has 0 spiro atoms. The van der Waals surface area contributed by atoms with Gasteiger partial charge >= 0.3 is 6.03 Å². The Labute approximate surface area is 240 Å². The summed E-state index contributed by atoms with van der Waals surface area (Å²) < 4.78 is 26.6. The second-order valence-electron chi connectivity index (χ2n) is 9.37. The lowest BCUT2D eigenvalue weighted by Crippen LogP contribution is -2.51. The Morgan fingerprint density at radius 2 is 1.61 bits per heavy atom. The number of carbonyl (C=O) groups is 2. The van der Waals surface area contributed by atoms with Crippen LogP contribution in [0.1, 0.15) is 11.1 Å². The molecule has 1 aliphatic heterocycles. The van der Waals surface area contributed by atoms with Gasteiger partial charge in [0.25, 0.3) is 0 Å². The third kappa shape index (κ3) is 6.56. The number of nitrogens with one attached hydrogen (secondary N) is 2. The molecule has 10 heteroatoms. The smallest absolute Gasteiger partial charge is 0.327 e. The predicted molar refractivity (Wildman–Crippen MR) is 156 cm³/mol. The van der Waals surface area contributed by atoms with Crippen LogP contribution in [0.3, 0.4) is 0 Å². The molecular weight excluding hydrogens is 542 g/mol. The zero-order chi connectivity index (χ0) is 28.8. The molecule has 3 N–H and O–H groups in total. The van der Waals surface area contributed by atoms with Gasteiger partial charge in [-0.1, -0.05) is 72.8 Å². The number of hydrogen-bond donors (Lipinski definition) is 3. The zero-order valence-electron chi connectivity index (χ0n) is 22.3. The van der Waals surface area contributed by atoms with Crippen LogP contribution >= 0.6 is 0 Å². The second-order valence-corrected chi connectivity index (χ2v) is 10.6. The maximum atomic E-state index is 13.6. The highest BCUT2D eigenvalue weighted by atomic mass is 32.2. The van der Waals surface area contributed by atoms with Gasteiger partial charge in [0.05, 0.1) is 11.5 Å². The SMILES string of the molecule is CN(C(=O)C(Cc1ccccc1)NC(=O)NS(=O)c1ccccc1-c1ccc(CO)cc1)c1ccc2c(c1)OCO2. The number of likely N-dealkylation sites (N-methyl/N-ethyl adjacent to an activating group) is 1. The minimum atomic E-state index is -1.92. The van der Waals surface area contributed by atoms with Crippen LogP contribution in [0, 0.1) is 0 Å². The Hall–Kier alpha value is -4.67. The minimum absolute atomic E-state index is 0.0810. The molecule has 2 unspecified atom stereocenters. The first-order valence-corrected chi connectivity index (χ1v) is 14.1. The normalized spacial score (nSPS) is 13.2.